The summed E-state index contributed by atoms with van der Waals surface area (Å²) in [7, 11) is 2.11. The van der Waals surface area contributed by atoms with Crippen LogP contribution in [-0.4, -0.2) is 40.1 Å². The van der Waals surface area contributed by atoms with Gasteiger partial charge in [0.1, 0.15) is 5.82 Å². The Kier molecular flexibility index (Phi) is 3.43. The smallest absolute Gasteiger partial charge is 0.123 e. The number of rotatable bonds is 5. The first-order valence-electron chi connectivity index (χ1n) is 8.16. The Morgan fingerprint density at radius 2 is 2.10 bits per heavy atom. The maximum absolute atomic E-state index is 4.72. The van der Waals surface area contributed by atoms with Crippen molar-refractivity contribution < 1.29 is 0 Å². The van der Waals surface area contributed by atoms with Crippen molar-refractivity contribution in [2.24, 2.45) is 13.0 Å². The summed E-state index contributed by atoms with van der Waals surface area (Å²) in [6, 6.07) is 9.28. The molecule has 2 aliphatic rings. The van der Waals surface area contributed by atoms with Gasteiger partial charge in [0.05, 0.1) is 17.6 Å². The minimum Gasteiger partial charge on any atom is -0.330 e. The number of likely N-dealkylation sites (tertiary alicyclic amines) is 1. The van der Waals surface area contributed by atoms with E-state index in [1.165, 1.54) is 37.9 Å². The van der Waals surface area contributed by atoms with Crippen molar-refractivity contribution in [3.8, 4) is 0 Å². The number of hydrogen-bond donors (Lipinski definition) is 1. The topological polar surface area (TPSA) is 33.1 Å². The fourth-order valence-corrected chi connectivity index (χ4v) is 3.54. The van der Waals surface area contributed by atoms with Gasteiger partial charge in [0.25, 0.3) is 0 Å². The summed E-state index contributed by atoms with van der Waals surface area (Å²) in [6.45, 7) is 4.58. The van der Waals surface area contributed by atoms with Crippen LogP contribution in [0.15, 0.2) is 24.3 Å². The first-order valence-corrected chi connectivity index (χ1v) is 8.16. The van der Waals surface area contributed by atoms with Gasteiger partial charge in [0, 0.05) is 19.6 Å². The van der Waals surface area contributed by atoms with E-state index in [1.54, 1.807) is 0 Å². The Morgan fingerprint density at radius 3 is 2.90 bits per heavy atom. The van der Waals surface area contributed by atoms with Crippen LogP contribution in [-0.2, 0) is 13.6 Å². The summed E-state index contributed by atoms with van der Waals surface area (Å²) in [6.07, 6.45) is 4.21. The first-order chi connectivity index (χ1) is 10.3. The number of aryl methyl sites for hydroxylation is 1. The monoisotopic (exact) mass is 284 g/mol. The van der Waals surface area contributed by atoms with Gasteiger partial charge in [-0.25, -0.2) is 4.98 Å². The van der Waals surface area contributed by atoms with Crippen molar-refractivity contribution in [2.45, 2.75) is 31.8 Å². The standard InChI is InChI=1S/C17H24N4/c1-20-16-5-3-2-4-15(16)19-17(20)11-18-10-13-8-9-21(12-13)14-6-7-14/h2-5,13-14,18H,6-12H2,1H3. The van der Waals surface area contributed by atoms with Crippen LogP contribution in [0.2, 0.25) is 0 Å². The highest BCUT2D eigenvalue weighted by molar-refractivity contribution is 5.75. The molecule has 2 aromatic rings. The van der Waals surface area contributed by atoms with E-state index in [9.17, 15) is 0 Å². The molecule has 1 aromatic carbocycles. The molecular formula is C17H24N4. The molecule has 112 valence electrons. The van der Waals surface area contributed by atoms with Crippen molar-refractivity contribution in [2.75, 3.05) is 19.6 Å². The van der Waals surface area contributed by atoms with Crippen molar-refractivity contribution in [1.82, 2.24) is 19.8 Å². The maximum atomic E-state index is 4.72. The lowest BCUT2D eigenvalue weighted by Gasteiger charge is -2.15. The van der Waals surface area contributed by atoms with E-state index in [-0.39, 0.29) is 0 Å². The Hall–Kier alpha value is -1.39. The normalized spacial score (nSPS) is 23.2. The molecule has 1 aliphatic heterocycles. The average molecular weight is 284 g/mol. The van der Waals surface area contributed by atoms with Crippen LogP contribution in [0.25, 0.3) is 11.0 Å². The van der Waals surface area contributed by atoms with Gasteiger partial charge in [-0.3, -0.25) is 0 Å². The molecule has 2 heterocycles. The zero-order valence-electron chi connectivity index (χ0n) is 12.8. The van der Waals surface area contributed by atoms with Crippen molar-refractivity contribution in [3.63, 3.8) is 0 Å². The maximum Gasteiger partial charge on any atom is 0.123 e. The molecule has 1 saturated heterocycles. The number of nitrogens with one attached hydrogen (secondary N) is 1. The summed E-state index contributed by atoms with van der Waals surface area (Å²) in [4.78, 5) is 7.40. The Bertz CT molecular complexity index is 629. The van der Waals surface area contributed by atoms with Gasteiger partial charge >= 0.3 is 0 Å². The summed E-state index contributed by atoms with van der Waals surface area (Å²) in [5.41, 5.74) is 2.31. The largest absolute Gasteiger partial charge is 0.330 e. The predicted octanol–water partition coefficient (Wildman–Crippen LogP) is 2.15. The first kappa shape index (κ1) is 13.3. The molecule has 1 N–H and O–H groups in total. The molecular weight excluding hydrogens is 260 g/mol. The second kappa shape index (κ2) is 5.43. The van der Waals surface area contributed by atoms with Crippen LogP contribution in [0.3, 0.4) is 0 Å². The third kappa shape index (κ3) is 2.70. The zero-order chi connectivity index (χ0) is 14.2. The van der Waals surface area contributed by atoms with Crippen molar-refractivity contribution in [1.29, 1.82) is 0 Å². The van der Waals surface area contributed by atoms with Gasteiger partial charge in [-0.05, 0) is 50.4 Å². The highest BCUT2D eigenvalue weighted by Crippen LogP contribution is 2.31. The summed E-state index contributed by atoms with van der Waals surface area (Å²) in [5.74, 6) is 1.95. The second-order valence-corrected chi connectivity index (χ2v) is 6.59. The van der Waals surface area contributed by atoms with E-state index in [1.807, 2.05) is 0 Å². The van der Waals surface area contributed by atoms with Crippen LogP contribution < -0.4 is 5.32 Å². The number of benzene rings is 1. The molecule has 1 aromatic heterocycles. The molecule has 0 spiro atoms. The van der Waals surface area contributed by atoms with Crippen molar-refractivity contribution in [3.05, 3.63) is 30.1 Å². The molecule has 4 heteroatoms. The molecule has 0 bridgehead atoms. The summed E-state index contributed by atoms with van der Waals surface area (Å²) < 4.78 is 2.20. The van der Waals surface area contributed by atoms with Crippen LogP contribution in [0.5, 0.6) is 0 Å². The molecule has 0 radical (unpaired) electrons. The number of para-hydroxylation sites is 2. The van der Waals surface area contributed by atoms with Gasteiger partial charge < -0.3 is 14.8 Å². The van der Waals surface area contributed by atoms with Gasteiger partial charge in [-0.2, -0.15) is 0 Å². The molecule has 0 amide bonds. The van der Waals surface area contributed by atoms with Gasteiger partial charge in [-0.15, -0.1) is 0 Å². The summed E-state index contributed by atoms with van der Waals surface area (Å²) >= 11 is 0. The Morgan fingerprint density at radius 1 is 1.24 bits per heavy atom. The van der Waals surface area contributed by atoms with Crippen LogP contribution in [0.4, 0.5) is 0 Å². The fourth-order valence-electron chi connectivity index (χ4n) is 3.54. The van der Waals surface area contributed by atoms with Crippen LogP contribution in [0, 0.1) is 5.92 Å². The fraction of sp³-hybridized carbons (Fsp3) is 0.588. The average Bonchev–Trinajstić information content (AvgIpc) is 3.17. The third-order valence-electron chi connectivity index (χ3n) is 4.98. The molecule has 21 heavy (non-hydrogen) atoms. The van der Waals surface area contributed by atoms with Gasteiger partial charge in [0.2, 0.25) is 0 Å². The van der Waals surface area contributed by atoms with E-state index in [0.717, 1.165) is 36.4 Å². The van der Waals surface area contributed by atoms with Gasteiger partial charge in [0.15, 0.2) is 0 Å². The van der Waals surface area contributed by atoms with E-state index >= 15 is 0 Å². The Balaban J connectivity index is 1.32. The zero-order valence-corrected chi connectivity index (χ0v) is 12.8. The lowest BCUT2D eigenvalue weighted by molar-refractivity contribution is 0.311. The second-order valence-electron chi connectivity index (χ2n) is 6.59. The number of aromatic nitrogens is 2. The number of imidazole rings is 1. The van der Waals surface area contributed by atoms with E-state index < -0.39 is 0 Å². The Labute approximate surface area is 126 Å². The highest BCUT2D eigenvalue weighted by atomic mass is 15.2. The number of hydrogen-bond acceptors (Lipinski definition) is 3. The van der Waals surface area contributed by atoms with Gasteiger partial charge in [-0.1, -0.05) is 12.1 Å². The molecule has 4 nitrogen and oxygen atoms in total. The molecule has 2 fully saturated rings. The van der Waals surface area contributed by atoms with Crippen LogP contribution in [0.1, 0.15) is 25.1 Å². The van der Waals surface area contributed by atoms with Crippen LogP contribution >= 0.6 is 0 Å². The minimum atomic E-state index is 0.820. The quantitative estimate of drug-likeness (QED) is 0.913. The number of fused-ring (bicyclic) bond motifs is 1. The molecule has 1 atom stereocenters. The molecule has 1 saturated carbocycles. The minimum absolute atomic E-state index is 0.820. The van der Waals surface area contributed by atoms with E-state index in [0.29, 0.717) is 0 Å². The summed E-state index contributed by atoms with van der Waals surface area (Å²) in [5, 5.41) is 3.62. The third-order valence-corrected chi connectivity index (χ3v) is 4.98. The van der Waals surface area contributed by atoms with E-state index in [2.05, 4.69) is 46.1 Å². The number of nitrogens with zero attached hydrogens (tertiary/aromatic N) is 3. The molecule has 1 aliphatic carbocycles. The van der Waals surface area contributed by atoms with E-state index in [4.69, 9.17) is 4.98 Å². The molecule has 4 rings (SSSR count). The lowest BCUT2D eigenvalue weighted by Crippen LogP contribution is -2.28. The van der Waals surface area contributed by atoms with Crippen molar-refractivity contribution >= 4 is 11.0 Å². The molecule has 1 unspecified atom stereocenters. The predicted molar refractivity (Wildman–Crippen MR) is 85.1 cm³/mol. The lowest BCUT2D eigenvalue weighted by atomic mass is 10.1. The highest BCUT2D eigenvalue weighted by Gasteiger charge is 2.33. The SMILES string of the molecule is Cn1c(CNCC2CCN(C3CC3)C2)nc2ccccc21.